The summed E-state index contributed by atoms with van der Waals surface area (Å²) < 4.78 is 1.68. The van der Waals surface area contributed by atoms with Crippen LogP contribution in [0.15, 0.2) is 30.5 Å². The number of para-hydroxylation sites is 1. The zero-order valence-electron chi connectivity index (χ0n) is 8.89. The Labute approximate surface area is 93.2 Å². The number of fused-ring (bicyclic) bond motifs is 1. The molecule has 0 atom stereocenters. The number of aromatic nitrogens is 2. The topological polar surface area (TPSA) is 72.9 Å². The summed E-state index contributed by atoms with van der Waals surface area (Å²) in [5.74, 6) is -0.0701. The van der Waals surface area contributed by atoms with Crippen LogP contribution in [0.4, 0.5) is 0 Å². The smallest absolute Gasteiger partial charge is 0.241 e. The van der Waals surface area contributed by atoms with Gasteiger partial charge in [-0.1, -0.05) is 18.2 Å². The molecule has 1 heterocycles. The Kier molecular flexibility index (Phi) is 3.16. The first-order valence-electron chi connectivity index (χ1n) is 5.18. The third-order valence-corrected chi connectivity index (χ3v) is 2.31. The highest BCUT2D eigenvalue weighted by Gasteiger charge is 2.05. The molecule has 0 radical (unpaired) electrons. The third-order valence-electron chi connectivity index (χ3n) is 2.31. The lowest BCUT2D eigenvalue weighted by molar-refractivity contribution is -0.121. The molecule has 0 unspecified atom stereocenters. The number of rotatable bonds is 4. The molecule has 1 amide bonds. The molecule has 1 aromatic carbocycles. The van der Waals surface area contributed by atoms with Crippen LogP contribution in [0.3, 0.4) is 0 Å². The number of hydrogen-bond donors (Lipinski definition) is 2. The van der Waals surface area contributed by atoms with Gasteiger partial charge in [0.15, 0.2) is 0 Å². The zero-order valence-corrected chi connectivity index (χ0v) is 8.89. The molecule has 0 spiro atoms. The molecule has 2 rings (SSSR count). The van der Waals surface area contributed by atoms with E-state index in [2.05, 4.69) is 10.4 Å². The minimum absolute atomic E-state index is 0.0701. The molecule has 0 aliphatic heterocycles. The fourth-order valence-corrected chi connectivity index (χ4v) is 1.56. The molecule has 16 heavy (non-hydrogen) atoms. The molecular weight excluding hydrogens is 204 g/mol. The van der Waals surface area contributed by atoms with Crippen molar-refractivity contribution in [2.75, 3.05) is 13.1 Å². The van der Waals surface area contributed by atoms with E-state index in [1.165, 1.54) is 0 Å². The molecule has 5 heteroatoms. The van der Waals surface area contributed by atoms with E-state index in [0.29, 0.717) is 13.1 Å². The van der Waals surface area contributed by atoms with E-state index in [1.807, 2.05) is 24.3 Å². The lowest BCUT2D eigenvalue weighted by Crippen LogP contribution is -2.32. The predicted octanol–water partition coefficient (Wildman–Crippen LogP) is 0.111. The van der Waals surface area contributed by atoms with Crippen molar-refractivity contribution in [3.63, 3.8) is 0 Å². The first-order chi connectivity index (χ1) is 7.81. The molecule has 0 saturated carbocycles. The molecule has 0 aliphatic carbocycles. The SMILES string of the molecule is NCCNC(=O)Cn1ncc2ccccc21. The molecule has 0 saturated heterocycles. The van der Waals surface area contributed by atoms with Crippen LogP contribution < -0.4 is 11.1 Å². The normalized spacial score (nSPS) is 10.6. The van der Waals surface area contributed by atoms with Gasteiger partial charge < -0.3 is 11.1 Å². The summed E-state index contributed by atoms with van der Waals surface area (Å²) >= 11 is 0. The summed E-state index contributed by atoms with van der Waals surface area (Å²) in [4.78, 5) is 11.5. The summed E-state index contributed by atoms with van der Waals surface area (Å²) in [6.07, 6.45) is 1.76. The highest BCUT2D eigenvalue weighted by Crippen LogP contribution is 2.11. The standard InChI is InChI=1S/C11H14N4O/c12-5-6-13-11(16)8-15-10-4-2-1-3-9(10)7-14-15/h1-4,7H,5-6,8,12H2,(H,13,16). The summed E-state index contributed by atoms with van der Waals surface area (Å²) in [6, 6.07) is 7.79. The van der Waals surface area contributed by atoms with E-state index >= 15 is 0 Å². The van der Waals surface area contributed by atoms with Crippen LogP contribution in [0.5, 0.6) is 0 Å². The monoisotopic (exact) mass is 218 g/mol. The fraction of sp³-hybridized carbons (Fsp3) is 0.273. The number of carbonyl (C=O) groups is 1. The maximum Gasteiger partial charge on any atom is 0.241 e. The Morgan fingerprint density at radius 2 is 2.25 bits per heavy atom. The van der Waals surface area contributed by atoms with Crippen LogP contribution in [-0.4, -0.2) is 28.8 Å². The van der Waals surface area contributed by atoms with Gasteiger partial charge in [-0.05, 0) is 6.07 Å². The second kappa shape index (κ2) is 4.76. The van der Waals surface area contributed by atoms with Gasteiger partial charge in [-0.3, -0.25) is 9.48 Å². The van der Waals surface area contributed by atoms with Gasteiger partial charge in [0.2, 0.25) is 5.91 Å². The third kappa shape index (κ3) is 2.20. The number of nitrogens with two attached hydrogens (primary N) is 1. The Bertz CT molecular complexity index is 491. The molecule has 84 valence electrons. The minimum Gasteiger partial charge on any atom is -0.353 e. The second-order valence-corrected chi connectivity index (χ2v) is 3.50. The van der Waals surface area contributed by atoms with Crippen molar-refractivity contribution in [3.05, 3.63) is 30.5 Å². The van der Waals surface area contributed by atoms with E-state index in [1.54, 1.807) is 10.9 Å². The zero-order chi connectivity index (χ0) is 11.4. The Hall–Kier alpha value is -1.88. The number of carbonyl (C=O) groups excluding carboxylic acids is 1. The van der Waals surface area contributed by atoms with E-state index in [9.17, 15) is 4.79 Å². The van der Waals surface area contributed by atoms with Crippen molar-refractivity contribution >= 4 is 16.8 Å². The highest BCUT2D eigenvalue weighted by molar-refractivity contribution is 5.81. The van der Waals surface area contributed by atoms with Gasteiger partial charge >= 0.3 is 0 Å². The van der Waals surface area contributed by atoms with E-state index in [0.717, 1.165) is 10.9 Å². The maximum absolute atomic E-state index is 11.5. The molecule has 3 N–H and O–H groups in total. The van der Waals surface area contributed by atoms with Crippen LogP contribution in [0.2, 0.25) is 0 Å². The summed E-state index contributed by atoms with van der Waals surface area (Å²) in [5.41, 5.74) is 6.27. The van der Waals surface area contributed by atoms with E-state index < -0.39 is 0 Å². The minimum atomic E-state index is -0.0701. The second-order valence-electron chi connectivity index (χ2n) is 3.50. The van der Waals surface area contributed by atoms with Gasteiger partial charge in [0.25, 0.3) is 0 Å². The largest absolute Gasteiger partial charge is 0.353 e. The van der Waals surface area contributed by atoms with Crippen LogP contribution >= 0.6 is 0 Å². The predicted molar refractivity (Wildman–Crippen MR) is 61.8 cm³/mol. The van der Waals surface area contributed by atoms with Crippen molar-refractivity contribution in [1.29, 1.82) is 0 Å². The van der Waals surface area contributed by atoms with Crippen molar-refractivity contribution in [2.24, 2.45) is 5.73 Å². The highest BCUT2D eigenvalue weighted by atomic mass is 16.2. The van der Waals surface area contributed by atoms with Gasteiger partial charge in [-0.2, -0.15) is 5.10 Å². The summed E-state index contributed by atoms with van der Waals surface area (Å²) in [6.45, 7) is 1.18. The van der Waals surface area contributed by atoms with Crippen molar-refractivity contribution < 1.29 is 4.79 Å². The lowest BCUT2D eigenvalue weighted by Gasteiger charge is -2.04. The summed E-state index contributed by atoms with van der Waals surface area (Å²) in [7, 11) is 0. The molecule has 5 nitrogen and oxygen atoms in total. The average molecular weight is 218 g/mol. The van der Waals surface area contributed by atoms with Crippen LogP contribution in [0, 0.1) is 0 Å². The van der Waals surface area contributed by atoms with Gasteiger partial charge in [-0.25, -0.2) is 0 Å². The first-order valence-corrected chi connectivity index (χ1v) is 5.18. The number of benzene rings is 1. The molecule has 0 fully saturated rings. The van der Waals surface area contributed by atoms with Crippen molar-refractivity contribution in [3.8, 4) is 0 Å². The Morgan fingerprint density at radius 1 is 1.44 bits per heavy atom. The molecule has 1 aromatic heterocycles. The van der Waals surface area contributed by atoms with Crippen molar-refractivity contribution in [2.45, 2.75) is 6.54 Å². The van der Waals surface area contributed by atoms with Crippen LogP contribution in [-0.2, 0) is 11.3 Å². The van der Waals surface area contributed by atoms with Crippen molar-refractivity contribution in [1.82, 2.24) is 15.1 Å². The van der Waals surface area contributed by atoms with E-state index in [4.69, 9.17) is 5.73 Å². The lowest BCUT2D eigenvalue weighted by atomic mass is 10.2. The first kappa shape index (κ1) is 10.6. The quantitative estimate of drug-likeness (QED) is 0.765. The fourth-order valence-electron chi connectivity index (χ4n) is 1.56. The number of amides is 1. The Balaban J connectivity index is 2.12. The van der Waals surface area contributed by atoms with Gasteiger partial charge in [0.05, 0.1) is 11.7 Å². The van der Waals surface area contributed by atoms with Crippen LogP contribution in [0.25, 0.3) is 10.9 Å². The number of hydrogen-bond acceptors (Lipinski definition) is 3. The van der Waals surface area contributed by atoms with E-state index in [-0.39, 0.29) is 12.5 Å². The average Bonchev–Trinajstić information content (AvgIpc) is 2.70. The Morgan fingerprint density at radius 3 is 3.06 bits per heavy atom. The molecule has 0 bridgehead atoms. The number of nitrogens with one attached hydrogen (secondary N) is 1. The number of nitrogens with zero attached hydrogens (tertiary/aromatic N) is 2. The molecule has 0 aliphatic rings. The maximum atomic E-state index is 11.5. The molecular formula is C11H14N4O. The van der Waals surface area contributed by atoms with Gasteiger partial charge in [0, 0.05) is 18.5 Å². The summed E-state index contributed by atoms with van der Waals surface area (Å²) in [5, 5.41) is 7.91. The van der Waals surface area contributed by atoms with Gasteiger partial charge in [0.1, 0.15) is 6.54 Å². The van der Waals surface area contributed by atoms with Gasteiger partial charge in [-0.15, -0.1) is 0 Å². The van der Waals surface area contributed by atoms with Crippen LogP contribution in [0.1, 0.15) is 0 Å². The molecule has 2 aromatic rings.